The Morgan fingerprint density at radius 2 is 1.91 bits per heavy atom. The molecular weight excluding hydrogens is 280 g/mol. The number of aromatic nitrogens is 1. The van der Waals surface area contributed by atoms with Gasteiger partial charge in [0.05, 0.1) is 12.2 Å². The summed E-state index contributed by atoms with van der Waals surface area (Å²) in [7, 11) is 3.38. The molecule has 1 unspecified atom stereocenters. The number of unbranched alkanes of at least 4 members (excludes halogenated alkanes) is 1. The van der Waals surface area contributed by atoms with Crippen LogP contribution in [0.5, 0.6) is 0 Å². The molecule has 1 amide bonds. The van der Waals surface area contributed by atoms with Gasteiger partial charge in [-0.15, -0.1) is 0 Å². The molecule has 0 aliphatic rings. The Hall–Kier alpha value is -1.91. The summed E-state index contributed by atoms with van der Waals surface area (Å²) in [5.41, 5.74) is 0.574. The first-order chi connectivity index (χ1) is 10.5. The molecule has 0 fully saturated rings. The van der Waals surface area contributed by atoms with E-state index in [-0.39, 0.29) is 5.97 Å². The van der Waals surface area contributed by atoms with E-state index in [1.807, 2.05) is 0 Å². The monoisotopic (exact) mass is 308 g/mol. The van der Waals surface area contributed by atoms with E-state index in [0.29, 0.717) is 18.1 Å². The summed E-state index contributed by atoms with van der Waals surface area (Å²) in [5, 5.41) is 0. The van der Waals surface area contributed by atoms with Crippen molar-refractivity contribution in [2.24, 2.45) is 5.92 Å². The third-order valence-electron chi connectivity index (χ3n) is 3.12. The van der Waals surface area contributed by atoms with Gasteiger partial charge in [-0.1, -0.05) is 33.1 Å². The van der Waals surface area contributed by atoms with Crippen molar-refractivity contribution < 1.29 is 14.3 Å². The first kappa shape index (κ1) is 20.1. The van der Waals surface area contributed by atoms with E-state index in [2.05, 4.69) is 18.8 Å². The predicted molar refractivity (Wildman–Crippen MR) is 87.6 cm³/mol. The van der Waals surface area contributed by atoms with Crippen LogP contribution in [0.25, 0.3) is 0 Å². The van der Waals surface area contributed by atoms with Gasteiger partial charge in [-0.25, -0.2) is 4.79 Å². The second kappa shape index (κ2) is 12.8. The molecule has 0 bridgehead atoms. The Morgan fingerprint density at radius 3 is 2.36 bits per heavy atom. The third-order valence-corrected chi connectivity index (χ3v) is 3.12. The van der Waals surface area contributed by atoms with E-state index in [1.54, 1.807) is 38.6 Å². The van der Waals surface area contributed by atoms with Crippen LogP contribution < -0.4 is 0 Å². The molecule has 5 nitrogen and oxygen atoms in total. The molecule has 1 aromatic rings. The van der Waals surface area contributed by atoms with E-state index in [1.165, 1.54) is 17.7 Å². The maximum Gasteiger partial charge on any atom is 0.338 e. The van der Waals surface area contributed by atoms with Crippen molar-refractivity contribution in [3.8, 4) is 0 Å². The van der Waals surface area contributed by atoms with E-state index in [4.69, 9.17) is 4.74 Å². The zero-order valence-corrected chi connectivity index (χ0v) is 14.1. The lowest BCUT2D eigenvalue weighted by molar-refractivity contribution is -0.115. The molecule has 0 aromatic carbocycles. The minimum Gasteiger partial charge on any atom is -0.462 e. The van der Waals surface area contributed by atoms with Gasteiger partial charge in [0.25, 0.3) is 0 Å². The fourth-order valence-corrected chi connectivity index (χ4v) is 1.66. The van der Waals surface area contributed by atoms with Gasteiger partial charge in [-0.3, -0.25) is 9.78 Å². The molecular formula is C17H28N2O3. The maximum absolute atomic E-state index is 11.7. The van der Waals surface area contributed by atoms with Gasteiger partial charge >= 0.3 is 5.97 Å². The smallest absolute Gasteiger partial charge is 0.338 e. The van der Waals surface area contributed by atoms with Crippen molar-refractivity contribution in [1.29, 1.82) is 0 Å². The van der Waals surface area contributed by atoms with Gasteiger partial charge in [0.1, 0.15) is 0 Å². The van der Waals surface area contributed by atoms with Crippen LogP contribution in [0.2, 0.25) is 0 Å². The summed E-state index contributed by atoms with van der Waals surface area (Å²) in [6, 6.07) is 3.35. The number of pyridine rings is 1. The minimum absolute atomic E-state index is 0.248. The highest BCUT2D eigenvalue weighted by molar-refractivity contribution is 5.89. The summed E-state index contributed by atoms with van der Waals surface area (Å²) in [6.45, 7) is 4.84. The molecule has 124 valence electrons. The molecule has 0 aliphatic heterocycles. The second-order valence-electron chi connectivity index (χ2n) is 5.32. The van der Waals surface area contributed by atoms with Gasteiger partial charge in [0.15, 0.2) is 0 Å². The highest BCUT2D eigenvalue weighted by Crippen LogP contribution is 2.13. The fourth-order valence-electron chi connectivity index (χ4n) is 1.66. The first-order valence-electron chi connectivity index (χ1n) is 7.73. The van der Waals surface area contributed by atoms with Crippen molar-refractivity contribution >= 4 is 12.4 Å². The molecule has 0 N–H and O–H groups in total. The number of amides is 1. The largest absolute Gasteiger partial charge is 0.462 e. The van der Waals surface area contributed by atoms with E-state index in [0.717, 1.165) is 19.3 Å². The molecule has 0 saturated carbocycles. The molecule has 0 aliphatic carbocycles. The molecule has 0 saturated heterocycles. The zero-order chi connectivity index (χ0) is 16.8. The molecule has 1 rings (SSSR count). The van der Waals surface area contributed by atoms with Gasteiger partial charge in [-0.2, -0.15) is 0 Å². The molecule has 5 heteroatoms. The Bertz CT molecular complexity index is 408. The molecule has 22 heavy (non-hydrogen) atoms. The average molecular weight is 308 g/mol. The molecule has 1 heterocycles. The van der Waals surface area contributed by atoms with E-state index >= 15 is 0 Å². The quantitative estimate of drug-likeness (QED) is 0.547. The summed E-state index contributed by atoms with van der Waals surface area (Å²) >= 11 is 0. The normalized spacial score (nSPS) is 10.9. The van der Waals surface area contributed by atoms with E-state index < -0.39 is 0 Å². The minimum atomic E-state index is -0.248. The van der Waals surface area contributed by atoms with Crippen LogP contribution in [0.1, 0.15) is 49.9 Å². The standard InChI is InChI=1S/C14H21NO2.C3H7NO/c1-3-5-6-12(4-2)11-17-14(16)13-7-9-15-10-8-13;1-4(2)3-5/h7-10,12H,3-6,11H2,1-2H3;3H,1-2H3. The lowest BCUT2D eigenvalue weighted by Crippen LogP contribution is -2.14. The number of hydrogen-bond acceptors (Lipinski definition) is 4. The van der Waals surface area contributed by atoms with Crippen molar-refractivity contribution in [3.63, 3.8) is 0 Å². The van der Waals surface area contributed by atoms with Crippen LogP contribution >= 0.6 is 0 Å². The van der Waals surface area contributed by atoms with Crippen LogP contribution in [-0.4, -0.2) is 43.0 Å². The molecule has 1 atom stereocenters. The van der Waals surface area contributed by atoms with Crippen LogP contribution in [0.15, 0.2) is 24.5 Å². The van der Waals surface area contributed by atoms with Crippen molar-refractivity contribution in [2.75, 3.05) is 20.7 Å². The average Bonchev–Trinajstić information content (AvgIpc) is 2.56. The Kier molecular flexibility index (Phi) is 11.7. The van der Waals surface area contributed by atoms with Crippen molar-refractivity contribution in [3.05, 3.63) is 30.1 Å². The van der Waals surface area contributed by atoms with Gasteiger partial charge in [0, 0.05) is 26.5 Å². The fraction of sp³-hybridized carbons (Fsp3) is 0.588. The predicted octanol–water partition coefficient (Wildman–Crippen LogP) is 3.16. The number of ether oxygens (including phenoxy) is 1. The van der Waals surface area contributed by atoms with Crippen LogP contribution in [0, 0.1) is 5.92 Å². The maximum atomic E-state index is 11.7. The topological polar surface area (TPSA) is 59.5 Å². The van der Waals surface area contributed by atoms with Gasteiger partial charge in [-0.05, 0) is 24.5 Å². The first-order valence-corrected chi connectivity index (χ1v) is 7.73. The highest BCUT2D eigenvalue weighted by Gasteiger charge is 2.11. The highest BCUT2D eigenvalue weighted by atomic mass is 16.5. The van der Waals surface area contributed by atoms with Crippen molar-refractivity contribution in [1.82, 2.24) is 9.88 Å². The Balaban J connectivity index is 0.000000763. The number of rotatable bonds is 8. The number of nitrogens with zero attached hydrogens (tertiary/aromatic N) is 2. The SMILES string of the molecule is CCCCC(CC)COC(=O)c1ccncc1.CN(C)C=O. The van der Waals surface area contributed by atoms with Crippen LogP contribution in [0.4, 0.5) is 0 Å². The summed E-state index contributed by atoms with van der Waals surface area (Å²) < 4.78 is 5.31. The van der Waals surface area contributed by atoms with E-state index in [9.17, 15) is 9.59 Å². The number of carbonyl (C=O) groups is 2. The lowest BCUT2D eigenvalue weighted by atomic mass is 10.0. The lowest BCUT2D eigenvalue weighted by Gasteiger charge is -2.14. The molecule has 1 aromatic heterocycles. The van der Waals surface area contributed by atoms with Gasteiger partial charge < -0.3 is 9.64 Å². The van der Waals surface area contributed by atoms with Crippen LogP contribution in [0.3, 0.4) is 0 Å². The zero-order valence-electron chi connectivity index (χ0n) is 14.1. The summed E-state index contributed by atoms with van der Waals surface area (Å²) in [6.07, 6.45) is 8.54. The summed E-state index contributed by atoms with van der Waals surface area (Å²) in [5.74, 6) is 0.239. The second-order valence-corrected chi connectivity index (χ2v) is 5.32. The molecule has 0 spiro atoms. The third kappa shape index (κ3) is 9.91. The number of carbonyl (C=O) groups excluding carboxylic acids is 2. The number of hydrogen-bond donors (Lipinski definition) is 0. The summed E-state index contributed by atoms with van der Waals surface area (Å²) in [4.78, 5) is 26.4. The van der Waals surface area contributed by atoms with Gasteiger partial charge in [0.2, 0.25) is 6.41 Å². The Labute approximate surface area is 133 Å². The Morgan fingerprint density at radius 1 is 1.32 bits per heavy atom. The van der Waals surface area contributed by atoms with Crippen molar-refractivity contribution in [2.45, 2.75) is 39.5 Å². The number of esters is 1. The van der Waals surface area contributed by atoms with Crippen LogP contribution in [-0.2, 0) is 9.53 Å². The molecule has 0 radical (unpaired) electrons.